The van der Waals surface area contributed by atoms with Crippen LogP contribution in [-0.2, 0) is 4.79 Å². The number of amides is 1. The molecule has 4 nitrogen and oxygen atoms in total. The van der Waals surface area contributed by atoms with Gasteiger partial charge in [-0.25, -0.2) is 0 Å². The minimum atomic E-state index is -0.0287. The van der Waals surface area contributed by atoms with Gasteiger partial charge in [0.25, 0.3) is 0 Å². The van der Waals surface area contributed by atoms with Gasteiger partial charge in [0.15, 0.2) is 0 Å². The third kappa shape index (κ3) is 2.39. The van der Waals surface area contributed by atoms with E-state index in [2.05, 4.69) is 10.3 Å². The monoisotopic (exact) mass is 219 g/mol. The van der Waals surface area contributed by atoms with Crippen molar-refractivity contribution in [3.8, 4) is 0 Å². The summed E-state index contributed by atoms with van der Waals surface area (Å²) >= 11 is 0. The number of piperidine rings is 1. The van der Waals surface area contributed by atoms with Crippen LogP contribution in [0.2, 0.25) is 0 Å². The molecule has 0 bridgehead atoms. The lowest BCUT2D eigenvalue weighted by Gasteiger charge is -2.27. The quantitative estimate of drug-likeness (QED) is 0.812. The van der Waals surface area contributed by atoms with Gasteiger partial charge in [-0.3, -0.25) is 9.78 Å². The summed E-state index contributed by atoms with van der Waals surface area (Å²) in [4.78, 5) is 17.8. The first-order valence-corrected chi connectivity index (χ1v) is 5.70. The van der Waals surface area contributed by atoms with Crippen LogP contribution in [0, 0.1) is 0 Å². The Bertz CT molecular complexity index is 347. The molecule has 1 fully saturated rings. The molecule has 0 saturated carbocycles. The predicted octanol–water partition coefficient (Wildman–Crippen LogP) is 1.19. The third-order valence-electron chi connectivity index (χ3n) is 2.97. The molecule has 16 heavy (non-hydrogen) atoms. The molecule has 1 atom stereocenters. The molecule has 1 aliphatic rings. The van der Waals surface area contributed by atoms with E-state index in [1.807, 2.05) is 12.1 Å². The van der Waals surface area contributed by atoms with E-state index in [1.165, 1.54) is 6.42 Å². The number of nitrogens with one attached hydrogen (secondary N) is 1. The number of carbonyl (C=O) groups excluding carboxylic acids is 1. The number of anilines is 1. The average molecular weight is 219 g/mol. The Morgan fingerprint density at radius 1 is 1.56 bits per heavy atom. The molecule has 1 aromatic heterocycles. The highest BCUT2D eigenvalue weighted by atomic mass is 16.2. The number of nitrogens with zero attached hydrogens (tertiary/aromatic N) is 2. The number of pyridine rings is 1. The second-order valence-corrected chi connectivity index (χ2v) is 4.11. The van der Waals surface area contributed by atoms with Crippen molar-refractivity contribution < 1.29 is 4.79 Å². The lowest BCUT2D eigenvalue weighted by molar-refractivity contribution is -0.120. The molecule has 0 aromatic carbocycles. The van der Waals surface area contributed by atoms with Crippen LogP contribution in [0.25, 0.3) is 0 Å². The molecule has 4 heteroatoms. The number of aromatic nitrogens is 1. The summed E-state index contributed by atoms with van der Waals surface area (Å²) in [7, 11) is 1.80. The first-order chi connectivity index (χ1) is 7.79. The number of carbonyl (C=O) groups is 1. The topological polar surface area (TPSA) is 45.2 Å². The molecule has 86 valence electrons. The Balaban J connectivity index is 2.04. The van der Waals surface area contributed by atoms with Crippen LogP contribution in [0.1, 0.15) is 19.3 Å². The average Bonchev–Trinajstić information content (AvgIpc) is 2.39. The lowest BCUT2D eigenvalue weighted by Crippen LogP contribution is -2.47. The third-order valence-corrected chi connectivity index (χ3v) is 2.97. The van der Waals surface area contributed by atoms with Gasteiger partial charge in [0.2, 0.25) is 5.91 Å². The zero-order chi connectivity index (χ0) is 11.4. The molecule has 1 aromatic rings. The van der Waals surface area contributed by atoms with Crippen molar-refractivity contribution in [2.75, 3.05) is 18.5 Å². The fourth-order valence-corrected chi connectivity index (χ4v) is 1.98. The van der Waals surface area contributed by atoms with Crippen molar-refractivity contribution in [1.82, 2.24) is 10.3 Å². The summed E-state index contributed by atoms with van der Waals surface area (Å²) in [5.74, 6) is 0.132. The number of hydrogen-bond donors (Lipinski definition) is 1. The van der Waals surface area contributed by atoms with Crippen LogP contribution in [0.15, 0.2) is 24.5 Å². The first kappa shape index (κ1) is 11.1. The van der Waals surface area contributed by atoms with Crippen LogP contribution >= 0.6 is 0 Å². The summed E-state index contributed by atoms with van der Waals surface area (Å²) in [5, 5.41) is 3.26. The molecule has 1 aliphatic heterocycles. The molecular formula is C12H17N3O. The maximum absolute atomic E-state index is 12.1. The van der Waals surface area contributed by atoms with Crippen molar-refractivity contribution in [3.05, 3.63) is 24.5 Å². The van der Waals surface area contributed by atoms with Gasteiger partial charge in [-0.05, 0) is 31.5 Å². The molecule has 2 heterocycles. The molecule has 2 rings (SSSR count). The molecule has 1 unspecified atom stereocenters. The number of hydrogen-bond acceptors (Lipinski definition) is 3. The van der Waals surface area contributed by atoms with Gasteiger partial charge in [0.1, 0.15) is 0 Å². The minimum absolute atomic E-state index is 0.0287. The fourth-order valence-electron chi connectivity index (χ4n) is 1.98. The molecule has 1 saturated heterocycles. The standard InChI is InChI=1S/C12H17N3O/c1-15(10-5-4-7-13-9-10)12(16)11-6-2-3-8-14-11/h4-5,7,9,11,14H,2-3,6,8H2,1H3. The smallest absolute Gasteiger partial charge is 0.243 e. The highest BCUT2D eigenvalue weighted by Crippen LogP contribution is 2.14. The minimum Gasteiger partial charge on any atom is -0.313 e. The van der Waals surface area contributed by atoms with Crippen LogP contribution in [0.5, 0.6) is 0 Å². The maximum Gasteiger partial charge on any atom is 0.243 e. The first-order valence-electron chi connectivity index (χ1n) is 5.70. The summed E-state index contributed by atoms with van der Waals surface area (Å²) < 4.78 is 0. The van der Waals surface area contributed by atoms with E-state index in [9.17, 15) is 4.79 Å². The van der Waals surface area contributed by atoms with Gasteiger partial charge in [-0.15, -0.1) is 0 Å². The highest BCUT2D eigenvalue weighted by molar-refractivity contribution is 5.96. The summed E-state index contributed by atoms with van der Waals surface area (Å²) in [6, 6.07) is 3.71. The Morgan fingerprint density at radius 3 is 3.06 bits per heavy atom. The normalized spacial score (nSPS) is 20.4. The Kier molecular flexibility index (Phi) is 3.51. The van der Waals surface area contributed by atoms with Crippen molar-refractivity contribution >= 4 is 11.6 Å². The van der Waals surface area contributed by atoms with E-state index < -0.39 is 0 Å². The molecule has 1 amide bonds. The Hall–Kier alpha value is -1.42. The van der Waals surface area contributed by atoms with E-state index in [0.717, 1.165) is 25.1 Å². The van der Waals surface area contributed by atoms with Gasteiger partial charge in [-0.2, -0.15) is 0 Å². The maximum atomic E-state index is 12.1. The van der Waals surface area contributed by atoms with Crippen LogP contribution in [0.3, 0.4) is 0 Å². The van der Waals surface area contributed by atoms with Crippen molar-refractivity contribution in [2.45, 2.75) is 25.3 Å². The second kappa shape index (κ2) is 5.07. The Labute approximate surface area is 95.7 Å². The Morgan fingerprint density at radius 2 is 2.44 bits per heavy atom. The molecular weight excluding hydrogens is 202 g/mol. The second-order valence-electron chi connectivity index (χ2n) is 4.11. The zero-order valence-corrected chi connectivity index (χ0v) is 9.52. The van der Waals surface area contributed by atoms with Gasteiger partial charge in [0, 0.05) is 13.2 Å². The largest absolute Gasteiger partial charge is 0.313 e. The predicted molar refractivity (Wildman–Crippen MR) is 63.3 cm³/mol. The van der Waals surface area contributed by atoms with Crippen LogP contribution < -0.4 is 10.2 Å². The van der Waals surface area contributed by atoms with Gasteiger partial charge >= 0.3 is 0 Å². The van der Waals surface area contributed by atoms with Crippen molar-refractivity contribution in [1.29, 1.82) is 0 Å². The highest BCUT2D eigenvalue weighted by Gasteiger charge is 2.24. The number of likely N-dealkylation sites (N-methyl/N-ethyl adjacent to an activating group) is 1. The zero-order valence-electron chi connectivity index (χ0n) is 9.52. The van der Waals surface area contributed by atoms with E-state index in [1.54, 1.807) is 24.3 Å². The molecule has 0 aliphatic carbocycles. The van der Waals surface area contributed by atoms with Gasteiger partial charge in [0.05, 0.1) is 17.9 Å². The van der Waals surface area contributed by atoms with Crippen molar-refractivity contribution in [2.24, 2.45) is 0 Å². The van der Waals surface area contributed by atoms with E-state index in [-0.39, 0.29) is 11.9 Å². The van der Waals surface area contributed by atoms with E-state index in [4.69, 9.17) is 0 Å². The molecule has 0 spiro atoms. The van der Waals surface area contributed by atoms with Gasteiger partial charge in [-0.1, -0.05) is 6.42 Å². The van der Waals surface area contributed by atoms with Crippen LogP contribution in [0.4, 0.5) is 5.69 Å². The van der Waals surface area contributed by atoms with Crippen LogP contribution in [-0.4, -0.2) is 30.5 Å². The van der Waals surface area contributed by atoms with E-state index in [0.29, 0.717) is 0 Å². The fraction of sp³-hybridized carbons (Fsp3) is 0.500. The van der Waals surface area contributed by atoms with Crippen molar-refractivity contribution in [3.63, 3.8) is 0 Å². The van der Waals surface area contributed by atoms with Gasteiger partial charge < -0.3 is 10.2 Å². The SMILES string of the molecule is CN(C(=O)C1CCCCN1)c1cccnc1. The summed E-state index contributed by atoms with van der Waals surface area (Å²) in [6.07, 6.45) is 6.65. The number of rotatable bonds is 2. The lowest BCUT2D eigenvalue weighted by atomic mass is 10.0. The van der Waals surface area contributed by atoms with E-state index >= 15 is 0 Å². The molecule has 0 radical (unpaired) electrons. The summed E-state index contributed by atoms with van der Waals surface area (Å²) in [6.45, 7) is 0.942. The molecule has 1 N–H and O–H groups in total. The summed E-state index contributed by atoms with van der Waals surface area (Å²) in [5.41, 5.74) is 0.847.